The Bertz CT molecular complexity index is 571. The van der Waals surface area contributed by atoms with Gasteiger partial charge in [-0.15, -0.1) is 12.4 Å². The summed E-state index contributed by atoms with van der Waals surface area (Å²) in [5, 5.41) is 8.95. The van der Waals surface area contributed by atoms with E-state index in [0.29, 0.717) is 32.0 Å². The zero-order valence-electron chi connectivity index (χ0n) is 15.9. The largest absolute Gasteiger partial charge is 0.338 e. The number of aryl methyl sites for hydroxylation is 1. The lowest BCUT2D eigenvalue weighted by molar-refractivity contribution is -0.134. The third-order valence-electron chi connectivity index (χ3n) is 4.31. The maximum atomic E-state index is 12.7. The minimum absolute atomic E-state index is 0. The molecule has 1 unspecified atom stereocenters. The lowest BCUT2D eigenvalue weighted by Crippen LogP contribution is -2.55. The lowest BCUT2D eigenvalue weighted by Gasteiger charge is -2.31. The van der Waals surface area contributed by atoms with Gasteiger partial charge in [0.05, 0.1) is 0 Å². The molecule has 1 heterocycles. The van der Waals surface area contributed by atoms with Gasteiger partial charge in [0.1, 0.15) is 6.04 Å². The van der Waals surface area contributed by atoms with E-state index in [0.717, 1.165) is 18.7 Å². The molecule has 26 heavy (non-hydrogen) atoms. The minimum Gasteiger partial charge on any atom is -0.338 e. The summed E-state index contributed by atoms with van der Waals surface area (Å²) in [5.74, 6) is 0.343. The molecule has 0 aromatic heterocycles. The third-order valence-corrected chi connectivity index (χ3v) is 4.31. The van der Waals surface area contributed by atoms with E-state index in [4.69, 9.17) is 0 Å². The van der Waals surface area contributed by atoms with E-state index in [2.05, 4.69) is 29.8 Å². The molecule has 146 valence electrons. The number of carbonyl (C=O) groups excluding carboxylic acids is 2. The van der Waals surface area contributed by atoms with Gasteiger partial charge in [0.25, 0.3) is 0 Å². The first kappa shape index (κ1) is 22.3. The van der Waals surface area contributed by atoms with Crippen LogP contribution in [0, 0.1) is 12.8 Å². The SMILES string of the molecule is Cc1ccc(CNC(=O)NC(CC(C)C)C(=O)N2CCNCC2)cc1.Cl. The average Bonchev–Trinajstić information content (AvgIpc) is 2.60. The third kappa shape index (κ3) is 7.22. The fourth-order valence-electron chi connectivity index (χ4n) is 2.90. The van der Waals surface area contributed by atoms with Crippen molar-refractivity contribution in [2.24, 2.45) is 5.92 Å². The van der Waals surface area contributed by atoms with Crippen molar-refractivity contribution in [3.8, 4) is 0 Å². The number of amides is 3. The Morgan fingerprint density at radius 2 is 1.77 bits per heavy atom. The highest BCUT2D eigenvalue weighted by atomic mass is 35.5. The summed E-state index contributed by atoms with van der Waals surface area (Å²) in [4.78, 5) is 26.8. The number of piperazine rings is 1. The van der Waals surface area contributed by atoms with E-state index in [1.165, 1.54) is 5.56 Å². The van der Waals surface area contributed by atoms with Crippen LogP contribution in [-0.4, -0.2) is 49.1 Å². The van der Waals surface area contributed by atoms with Gasteiger partial charge in [-0.2, -0.15) is 0 Å². The number of hydrogen-bond donors (Lipinski definition) is 3. The Morgan fingerprint density at radius 3 is 2.35 bits per heavy atom. The summed E-state index contributed by atoms with van der Waals surface area (Å²) < 4.78 is 0. The summed E-state index contributed by atoms with van der Waals surface area (Å²) in [5.41, 5.74) is 2.22. The van der Waals surface area contributed by atoms with Crippen LogP contribution in [0.15, 0.2) is 24.3 Å². The zero-order valence-corrected chi connectivity index (χ0v) is 16.7. The number of nitrogens with one attached hydrogen (secondary N) is 3. The average molecular weight is 383 g/mol. The second-order valence-electron chi connectivity index (χ2n) is 7.07. The van der Waals surface area contributed by atoms with E-state index in [9.17, 15) is 9.59 Å². The van der Waals surface area contributed by atoms with Crippen LogP contribution >= 0.6 is 12.4 Å². The van der Waals surface area contributed by atoms with Crippen molar-refractivity contribution in [1.29, 1.82) is 0 Å². The van der Waals surface area contributed by atoms with Crippen LogP contribution in [0.2, 0.25) is 0 Å². The fourth-order valence-corrected chi connectivity index (χ4v) is 2.90. The number of carbonyl (C=O) groups is 2. The van der Waals surface area contributed by atoms with Crippen molar-refractivity contribution in [1.82, 2.24) is 20.9 Å². The van der Waals surface area contributed by atoms with Crippen LogP contribution in [-0.2, 0) is 11.3 Å². The van der Waals surface area contributed by atoms with Gasteiger partial charge in [-0.25, -0.2) is 4.79 Å². The smallest absolute Gasteiger partial charge is 0.315 e. The standard InChI is InChI=1S/C19H30N4O2.ClH/c1-14(2)12-17(18(24)23-10-8-20-9-11-23)22-19(25)21-13-16-6-4-15(3)5-7-16;/h4-7,14,17,20H,8-13H2,1-3H3,(H2,21,22,25);1H. The van der Waals surface area contributed by atoms with Crippen LogP contribution < -0.4 is 16.0 Å². The number of halogens is 1. The summed E-state index contributed by atoms with van der Waals surface area (Å²) in [6, 6.07) is 7.25. The van der Waals surface area contributed by atoms with E-state index in [-0.39, 0.29) is 24.3 Å². The molecular weight excluding hydrogens is 352 g/mol. The normalized spacial score (nSPS) is 15.2. The molecule has 0 spiro atoms. The van der Waals surface area contributed by atoms with Gasteiger partial charge in [-0.1, -0.05) is 43.7 Å². The van der Waals surface area contributed by atoms with Crippen LogP contribution in [0.1, 0.15) is 31.4 Å². The number of benzene rings is 1. The predicted molar refractivity (Wildman–Crippen MR) is 106 cm³/mol. The number of urea groups is 1. The minimum atomic E-state index is -0.476. The van der Waals surface area contributed by atoms with E-state index >= 15 is 0 Å². The Balaban J connectivity index is 0.00000338. The molecule has 1 atom stereocenters. The molecule has 1 saturated heterocycles. The van der Waals surface area contributed by atoms with Crippen molar-refractivity contribution in [2.75, 3.05) is 26.2 Å². The van der Waals surface area contributed by atoms with Gasteiger partial charge >= 0.3 is 6.03 Å². The highest BCUT2D eigenvalue weighted by molar-refractivity contribution is 5.87. The summed E-state index contributed by atoms with van der Waals surface area (Å²) in [6.07, 6.45) is 0.640. The highest BCUT2D eigenvalue weighted by Crippen LogP contribution is 2.09. The molecule has 0 saturated carbocycles. The molecule has 1 aliphatic heterocycles. The number of nitrogens with zero attached hydrogens (tertiary/aromatic N) is 1. The maximum absolute atomic E-state index is 12.7. The highest BCUT2D eigenvalue weighted by Gasteiger charge is 2.27. The Kier molecular flexibility index (Phi) is 9.44. The van der Waals surface area contributed by atoms with Crippen LogP contribution in [0.25, 0.3) is 0 Å². The van der Waals surface area contributed by atoms with Gasteiger partial charge in [0.2, 0.25) is 5.91 Å². The van der Waals surface area contributed by atoms with Crippen LogP contribution in [0.5, 0.6) is 0 Å². The summed E-state index contributed by atoms with van der Waals surface area (Å²) in [7, 11) is 0. The molecule has 1 aromatic carbocycles. The first-order valence-corrected chi connectivity index (χ1v) is 9.05. The van der Waals surface area contributed by atoms with Crippen molar-refractivity contribution < 1.29 is 9.59 Å². The predicted octanol–water partition coefficient (Wildman–Crippen LogP) is 2.06. The molecule has 1 fully saturated rings. The molecule has 0 bridgehead atoms. The quantitative estimate of drug-likeness (QED) is 0.705. The first-order valence-electron chi connectivity index (χ1n) is 9.05. The Hall–Kier alpha value is -1.79. The van der Waals surface area contributed by atoms with Crippen molar-refractivity contribution >= 4 is 24.3 Å². The molecule has 7 heteroatoms. The molecular formula is C19H31ClN4O2. The maximum Gasteiger partial charge on any atom is 0.315 e. The molecule has 1 aromatic rings. The first-order chi connectivity index (χ1) is 12.0. The molecule has 3 amide bonds. The van der Waals surface area contributed by atoms with Crippen molar-refractivity contribution in [2.45, 2.75) is 39.8 Å². The van der Waals surface area contributed by atoms with Crippen molar-refractivity contribution in [3.05, 3.63) is 35.4 Å². The molecule has 2 rings (SSSR count). The topological polar surface area (TPSA) is 73.5 Å². The van der Waals surface area contributed by atoms with E-state index < -0.39 is 6.04 Å². The summed E-state index contributed by atoms with van der Waals surface area (Å²) in [6.45, 7) is 9.60. The van der Waals surface area contributed by atoms with Gasteiger partial charge in [0, 0.05) is 32.7 Å². The molecule has 0 radical (unpaired) electrons. The molecule has 3 N–H and O–H groups in total. The van der Waals surface area contributed by atoms with Crippen LogP contribution in [0.4, 0.5) is 4.79 Å². The monoisotopic (exact) mass is 382 g/mol. The van der Waals surface area contributed by atoms with E-state index in [1.807, 2.05) is 36.1 Å². The summed E-state index contributed by atoms with van der Waals surface area (Å²) >= 11 is 0. The van der Waals surface area contributed by atoms with Gasteiger partial charge in [-0.3, -0.25) is 4.79 Å². The number of hydrogen-bond acceptors (Lipinski definition) is 3. The van der Waals surface area contributed by atoms with Gasteiger partial charge in [-0.05, 0) is 24.8 Å². The number of rotatable bonds is 6. The second kappa shape index (κ2) is 11.0. The zero-order chi connectivity index (χ0) is 18.2. The molecule has 0 aliphatic carbocycles. The Labute approximate surface area is 162 Å². The van der Waals surface area contributed by atoms with Crippen LogP contribution in [0.3, 0.4) is 0 Å². The second-order valence-corrected chi connectivity index (χ2v) is 7.07. The molecule has 6 nitrogen and oxygen atoms in total. The van der Waals surface area contributed by atoms with E-state index in [1.54, 1.807) is 0 Å². The van der Waals surface area contributed by atoms with Crippen molar-refractivity contribution in [3.63, 3.8) is 0 Å². The molecule has 1 aliphatic rings. The Morgan fingerprint density at radius 1 is 1.15 bits per heavy atom. The van der Waals surface area contributed by atoms with Gasteiger partial charge in [0.15, 0.2) is 0 Å². The lowest BCUT2D eigenvalue weighted by atomic mass is 10.0. The van der Waals surface area contributed by atoms with Gasteiger partial charge < -0.3 is 20.9 Å². The fraction of sp³-hybridized carbons (Fsp3) is 0.579.